The minimum Gasteiger partial charge on any atom is -0.355 e. The molecule has 0 aliphatic rings. The number of benzene rings is 2. The van der Waals surface area contributed by atoms with Crippen LogP contribution in [0.5, 0.6) is 0 Å². The van der Waals surface area contributed by atoms with Crippen molar-refractivity contribution in [2.75, 3.05) is 18.1 Å². The Hall–Kier alpha value is -1.46. The van der Waals surface area contributed by atoms with Crippen LogP contribution in [-0.2, 0) is 16.3 Å². The van der Waals surface area contributed by atoms with E-state index in [1.54, 1.807) is 23.9 Å². The number of thioether (sulfide) groups is 2. The van der Waals surface area contributed by atoms with Gasteiger partial charge in [-0.2, -0.15) is 11.8 Å². The molecular weight excluding hydrogens is 341 g/mol. The topological polar surface area (TPSA) is 29.1 Å². The molecule has 0 aliphatic heterocycles. The van der Waals surface area contributed by atoms with Crippen molar-refractivity contribution in [3.05, 3.63) is 71.0 Å². The van der Waals surface area contributed by atoms with Crippen LogP contribution in [0.3, 0.4) is 0 Å². The van der Waals surface area contributed by atoms with Gasteiger partial charge in [-0.3, -0.25) is 4.79 Å². The van der Waals surface area contributed by atoms with Gasteiger partial charge in [0.05, 0.1) is 5.75 Å². The smallest absolute Gasteiger partial charge is 0.230 e. The molecule has 0 spiro atoms. The molecule has 1 amide bonds. The molecule has 0 radical (unpaired) electrons. The van der Waals surface area contributed by atoms with Crippen molar-refractivity contribution >= 4 is 29.4 Å². The van der Waals surface area contributed by atoms with E-state index in [9.17, 15) is 9.18 Å². The highest BCUT2D eigenvalue weighted by atomic mass is 32.2. The van der Waals surface area contributed by atoms with E-state index in [2.05, 4.69) is 36.5 Å². The Morgan fingerprint density at radius 3 is 2.54 bits per heavy atom. The summed E-state index contributed by atoms with van der Waals surface area (Å²) in [5.41, 5.74) is 3.21. The van der Waals surface area contributed by atoms with Gasteiger partial charge in [0.15, 0.2) is 0 Å². The summed E-state index contributed by atoms with van der Waals surface area (Å²) < 4.78 is 13.4. The molecule has 0 bridgehead atoms. The Bertz CT molecular complexity index is 646. The molecule has 0 atom stereocenters. The molecule has 1 N–H and O–H groups in total. The minimum absolute atomic E-state index is 0.00674. The highest BCUT2D eigenvalue weighted by Gasteiger charge is 2.04. The number of hydrogen-bond donors (Lipinski definition) is 1. The van der Waals surface area contributed by atoms with Crippen molar-refractivity contribution in [2.24, 2.45) is 0 Å². The lowest BCUT2D eigenvalue weighted by molar-refractivity contribution is -0.118. The standard InChI is InChI=1S/C19H22FNOS2/c1-15-6-8-16(9-7-15)12-23-11-10-21-19(22)14-24-13-17-4-2-3-5-18(17)20/h2-9H,10-14H2,1H3,(H,21,22). The third-order valence-corrected chi connectivity index (χ3v) is 5.42. The van der Waals surface area contributed by atoms with Gasteiger partial charge >= 0.3 is 0 Å². The predicted octanol–water partition coefficient (Wildman–Crippen LogP) is 4.42. The number of carbonyl (C=O) groups is 1. The highest BCUT2D eigenvalue weighted by molar-refractivity contribution is 7.99. The Morgan fingerprint density at radius 1 is 1.04 bits per heavy atom. The summed E-state index contributed by atoms with van der Waals surface area (Å²) in [5, 5.41) is 2.90. The maximum Gasteiger partial charge on any atom is 0.230 e. The molecule has 0 aliphatic carbocycles. The second-order valence-corrected chi connectivity index (χ2v) is 7.56. The Balaban J connectivity index is 1.53. The monoisotopic (exact) mass is 363 g/mol. The van der Waals surface area contributed by atoms with Crippen molar-refractivity contribution in [1.29, 1.82) is 0 Å². The van der Waals surface area contributed by atoms with Crippen LogP contribution in [0.15, 0.2) is 48.5 Å². The maximum absolute atomic E-state index is 13.4. The lowest BCUT2D eigenvalue weighted by Crippen LogP contribution is -2.27. The zero-order valence-electron chi connectivity index (χ0n) is 13.8. The van der Waals surface area contributed by atoms with Crippen LogP contribution in [0, 0.1) is 12.7 Å². The number of carbonyl (C=O) groups excluding carboxylic acids is 1. The number of halogens is 1. The SMILES string of the molecule is Cc1ccc(CSCCNC(=O)CSCc2ccccc2F)cc1. The van der Waals surface area contributed by atoms with E-state index >= 15 is 0 Å². The van der Waals surface area contributed by atoms with E-state index in [0.717, 1.165) is 11.5 Å². The van der Waals surface area contributed by atoms with E-state index in [-0.39, 0.29) is 11.7 Å². The summed E-state index contributed by atoms with van der Waals surface area (Å²) in [6.45, 7) is 2.74. The molecule has 2 rings (SSSR count). The molecule has 2 nitrogen and oxygen atoms in total. The quantitative estimate of drug-likeness (QED) is 0.669. The molecule has 2 aromatic rings. The number of rotatable bonds is 9. The van der Waals surface area contributed by atoms with Gasteiger partial charge in [0, 0.05) is 23.8 Å². The molecule has 128 valence electrons. The number of amides is 1. The van der Waals surface area contributed by atoms with E-state index in [4.69, 9.17) is 0 Å². The summed E-state index contributed by atoms with van der Waals surface area (Å²) >= 11 is 3.24. The zero-order valence-corrected chi connectivity index (χ0v) is 15.4. The van der Waals surface area contributed by atoms with Crippen LogP contribution in [0.4, 0.5) is 4.39 Å². The second kappa shape index (κ2) is 10.4. The first-order chi connectivity index (χ1) is 11.6. The normalized spacial score (nSPS) is 10.6. The van der Waals surface area contributed by atoms with Gasteiger partial charge in [-0.1, -0.05) is 48.0 Å². The average molecular weight is 364 g/mol. The largest absolute Gasteiger partial charge is 0.355 e. The maximum atomic E-state index is 13.4. The lowest BCUT2D eigenvalue weighted by Gasteiger charge is -2.06. The van der Waals surface area contributed by atoms with Crippen LogP contribution >= 0.6 is 23.5 Å². The van der Waals surface area contributed by atoms with Crippen molar-refractivity contribution in [2.45, 2.75) is 18.4 Å². The lowest BCUT2D eigenvalue weighted by atomic mass is 10.2. The zero-order chi connectivity index (χ0) is 17.2. The fraction of sp³-hybridized carbons (Fsp3) is 0.316. The van der Waals surface area contributed by atoms with Gasteiger partial charge in [-0.25, -0.2) is 4.39 Å². The van der Waals surface area contributed by atoms with E-state index < -0.39 is 0 Å². The molecule has 0 saturated carbocycles. The van der Waals surface area contributed by atoms with Gasteiger partial charge in [0.1, 0.15) is 5.82 Å². The first kappa shape index (κ1) is 18.9. The van der Waals surface area contributed by atoms with Gasteiger partial charge < -0.3 is 5.32 Å². The predicted molar refractivity (Wildman–Crippen MR) is 103 cm³/mol. The third kappa shape index (κ3) is 6.97. The second-order valence-electron chi connectivity index (χ2n) is 5.47. The third-order valence-electron chi connectivity index (χ3n) is 3.41. The van der Waals surface area contributed by atoms with Crippen molar-refractivity contribution in [3.63, 3.8) is 0 Å². The molecule has 24 heavy (non-hydrogen) atoms. The molecular formula is C19H22FNOS2. The number of nitrogens with one attached hydrogen (secondary N) is 1. The summed E-state index contributed by atoms with van der Waals surface area (Å²) in [6, 6.07) is 15.2. The van der Waals surface area contributed by atoms with Gasteiger partial charge in [0.2, 0.25) is 5.91 Å². The molecule has 5 heteroatoms. The van der Waals surface area contributed by atoms with E-state index in [0.29, 0.717) is 23.6 Å². The summed E-state index contributed by atoms with van der Waals surface area (Å²) in [7, 11) is 0. The Labute approximate surface area is 151 Å². The first-order valence-electron chi connectivity index (χ1n) is 7.86. The van der Waals surface area contributed by atoms with Crippen LogP contribution in [0.2, 0.25) is 0 Å². The van der Waals surface area contributed by atoms with Crippen LogP contribution < -0.4 is 5.32 Å². The van der Waals surface area contributed by atoms with Gasteiger partial charge in [0.25, 0.3) is 0 Å². The molecule has 0 saturated heterocycles. The van der Waals surface area contributed by atoms with Crippen molar-refractivity contribution in [1.82, 2.24) is 5.32 Å². The summed E-state index contributed by atoms with van der Waals surface area (Å²) in [4.78, 5) is 11.8. The van der Waals surface area contributed by atoms with Crippen LogP contribution in [0.1, 0.15) is 16.7 Å². The van der Waals surface area contributed by atoms with Crippen molar-refractivity contribution in [3.8, 4) is 0 Å². The van der Waals surface area contributed by atoms with Gasteiger partial charge in [-0.05, 0) is 24.1 Å². The van der Waals surface area contributed by atoms with Crippen LogP contribution in [-0.4, -0.2) is 24.0 Å². The highest BCUT2D eigenvalue weighted by Crippen LogP contribution is 2.15. The molecule has 0 fully saturated rings. The van der Waals surface area contributed by atoms with Crippen molar-refractivity contribution < 1.29 is 9.18 Å². The van der Waals surface area contributed by atoms with E-state index in [1.165, 1.54) is 29.0 Å². The minimum atomic E-state index is -0.210. The Morgan fingerprint density at radius 2 is 1.79 bits per heavy atom. The fourth-order valence-corrected chi connectivity index (χ4v) is 3.72. The molecule has 2 aromatic carbocycles. The van der Waals surface area contributed by atoms with Crippen LogP contribution in [0.25, 0.3) is 0 Å². The summed E-state index contributed by atoms with van der Waals surface area (Å²) in [6.07, 6.45) is 0. The molecule has 0 heterocycles. The van der Waals surface area contributed by atoms with E-state index in [1.807, 2.05) is 6.07 Å². The number of hydrogen-bond acceptors (Lipinski definition) is 3. The fourth-order valence-electron chi connectivity index (χ4n) is 2.06. The first-order valence-corrected chi connectivity index (χ1v) is 10.2. The average Bonchev–Trinajstić information content (AvgIpc) is 2.58. The van der Waals surface area contributed by atoms with Gasteiger partial charge in [-0.15, -0.1) is 11.8 Å². The molecule has 0 aromatic heterocycles. The Kier molecular flexibility index (Phi) is 8.19. The number of aryl methyl sites for hydroxylation is 1. The summed E-state index contributed by atoms with van der Waals surface area (Å²) in [5.74, 6) is 2.51. The molecule has 0 unspecified atom stereocenters.